The zero-order valence-corrected chi connectivity index (χ0v) is 13.0. The Bertz CT molecular complexity index is 756. The molecule has 0 aliphatic heterocycles. The van der Waals surface area contributed by atoms with Crippen LogP contribution in [0.2, 0.25) is 0 Å². The molecule has 0 saturated heterocycles. The van der Waals surface area contributed by atoms with Gasteiger partial charge in [-0.3, -0.25) is 4.79 Å². The number of carbonyl (C=O) groups excluding carboxylic acids is 1. The summed E-state index contributed by atoms with van der Waals surface area (Å²) in [6, 6.07) is 12.5. The molecule has 2 aromatic rings. The highest BCUT2D eigenvalue weighted by atomic mass is 19.1. The molecule has 1 amide bonds. The van der Waals surface area contributed by atoms with Gasteiger partial charge < -0.3 is 10.6 Å². The van der Waals surface area contributed by atoms with Crippen LogP contribution in [-0.2, 0) is 11.2 Å². The van der Waals surface area contributed by atoms with Crippen molar-refractivity contribution in [1.29, 1.82) is 5.26 Å². The first kappa shape index (κ1) is 17.4. The lowest BCUT2D eigenvalue weighted by molar-refractivity contribution is -0.120. The Hall–Kier alpha value is -2.94. The van der Waals surface area contributed by atoms with Gasteiger partial charge in [0.15, 0.2) is 0 Å². The van der Waals surface area contributed by atoms with E-state index in [4.69, 9.17) is 5.26 Å². The van der Waals surface area contributed by atoms with Crippen molar-refractivity contribution < 1.29 is 13.6 Å². The molecule has 0 aromatic heterocycles. The second-order valence-corrected chi connectivity index (χ2v) is 5.14. The number of benzene rings is 2. The predicted molar refractivity (Wildman–Crippen MR) is 87.3 cm³/mol. The Morgan fingerprint density at radius 1 is 1.04 bits per heavy atom. The summed E-state index contributed by atoms with van der Waals surface area (Å²) in [5.41, 5.74) is 0.839. The molecule has 4 nitrogen and oxygen atoms in total. The highest BCUT2D eigenvalue weighted by Crippen LogP contribution is 2.17. The standard InChI is InChI=1S/C18H17F2N3O/c19-15-5-2-1-4-13(15)8-9-18(24)23-11-10-22-17-7-3-6-16(20)14(17)12-21/h1-7,22H,8-11H2,(H,23,24). The number of carbonyl (C=O) groups is 1. The number of hydrogen-bond acceptors (Lipinski definition) is 3. The molecule has 0 saturated carbocycles. The number of nitrogens with zero attached hydrogens (tertiary/aromatic N) is 1. The summed E-state index contributed by atoms with van der Waals surface area (Å²) in [6.45, 7) is 0.668. The number of hydrogen-bond donors (Lipinski definition) is 2. The monoisotopic (exact) mass is 329 g/mol. The van der Waals surface area contributed by atoms with Gasteiger partial charge in [0.05, 0.1) is 5.69 Å². The molecule has 2 N–H and O–H groups in total. The molecule has 124 valence electrons. The lowest BCUT2D eigenvalue weighted by Crippen LogP contribution is -2.29. The first-order chi connectivity index (χ1) is 11.6. The van der Waals surface area contributed by atoms with Crippen LogP contribution in [0.25, 0.3) is 0 Å². The van der Waals surface area contributed by atoms with Crippen molar-refractivity contribution in [2.75, 3.05) is 18.4 Å². The maximum atomic E-state index is 13.4. The fraction of sp³-hybridized carbons (Fsp3) is 0.222. The SMILES string of the molecule is N#Cc1c(F)cccc1NCCNC(=O)CCc1ccccc1F. The molecule has 0 radical (unpaired) electrons. The molecule has 0 heterocycles. The topological polar surface area (TPSA) is 64.9 Å². The molecule has 0 atom stereocenters. The van der Waals surface area contributed by atoms with E-state index in [1.54, 1.807) is 30.3 Å². The van der Waals surface area contributed by atoms with Gasteiger partial charge in [-0.25, -0.2) is 8.78 Å². The summed E-state index contributed by atoms with van der Waals surface area (Å²) < 4.78 is 26.9. The van der Waals surface area contributed by atoms with E-state index >= 15 is 0 Å². The predicted octanol–water partition coefficient (Wildman–Crippen LogP) is 3.00. The third-order valence-electron chi connectivity index (χ3n) is 3.47. The summed E-state index contributed by atoms with van der Waals surface area (Å²) >= 11 is 0. The third kappa shape index (κ3) is 4.78. The van der Waals surface area contributed by atoms with E-state index in [-0.39, 0.29) is 23.7 Å². The van der Waals surface area contributed by atoms with Crippen LogP contribution in [0.5, 0.6) is 0 Å². The van der Waals surface area contributed by atoms with Crippen LogP contribution in [0.15, 0.2) is 42.5 Å². The normalized spacial score (nSPS) is 10.0. The van der Waals surface area contributed by atoms with Crippen LogP contribution in [0.3, 0.4) is 0 Å². The summed E-state index contributed by atoms with van der Waals surface area (Å²) in [6.07, 6.45) is 0.513. The second kappa shape index (κ2) is 8.63. The number of rotatable bonds is 7. The van der Waals surface area contributed by atoms with Crippen molar-refractivity contribution in [1.82, 2.24) is 5.32 Å². The first-order valence-corrected chi connectivity index (χ1v) is 7.54. The largest absolute Gasteiger partial charge is 0.382 e. The van der Waals surface area contributed by atoms with Gasteiger partial charge in [-0.2, -0.15) is 5.26 Å². The van der Waals surface area contributed by atoms with E-state index in [0.29, 0.717) is 30.8 Å². The van der Waals surface area contributed by atoms with Crippen molar-refractivity contribution in [3.63, 3.8) is 0 Å². The van der Waals surface area contributed by atoms with Gasteiger partial charge in [0.25, 0.3) is 0 Å². The Morgan fingerprint density at radius 2 is 1.79 bits per heavy atom. The highest BCUT2D eigenvalue weighted by molar-refractivity contribution is 5.76. The molecule has 0 unspecified atom stereocenters. The molecule has 0 aliphatic carbocycles. The molecule has 0 spiro atoms. The summed E-state index contributed by atoms with van der Waals surface area (Å²) in [7, 11) is 0. The Balaban J connectivity index is 1.73. The van der Waals surface area contributed by atoms with Crippen molar-refractivity contribution in [2.24, 2.45) is 0 Å². The zero-order valence-electron chi connectivity index (χ0n) is 13.0. The number of anilines is 1. The van der Waals surface area contributed by atoms with Crippen LogP contribution < -0.4 is 10.6 Å². The molecular formula is C18H17F2N3O. The minimum absolute atomic E-state index is 0.0524. The summed E-state index contributed by atoms with van der Waals surface area (Å²) in [5.74, 6) is -1.10. The smallest absolute Gasteiger partial charge is 0.220 e. The average Bonchev–Trinajstić information content (AvgIpc) is 2.58. The van der Waals surface area contributed by atoms with Gasteiger partial charge in [0.1, 0.15) is 23.3 Å². The van der Waals surface area contributed by atoms with Gasteiger partial charge in [-0.15, -0.1) is 0 Å². The number of nitrogens with one attached hydrogen (secondary N) is 2. The minimum Gasteiger partial charge on any atom is -0.382 e. The lowest BCUT2D eigenvalue weighted by Gasteiger charge is -2.10. The first-order valence-electron chi connectivity index (χ1n) is 7.54. The average molecular weight is 329 g/mol. The number of aryl methyl sites for hydroxylation is 1. The number of amides is 1. The number of halogens is 2. The van der Waals surface area contributed by atoms with Gasteiger partial charge in [0, 0.05) is 19.5 Å². The lowest BCUT2D eigenvalue weighted by atomic mass is 10.1. The van der Waals surface area contributed by atoms with E-state index in [9.17, 15) is 13.6 Å². The fourth-order valence-electron chi connectivity index (χ4n) is 2.22. The van der Waals surface area contributed by atoms with E-state index in [2.05, 4.69) is 10.6 Å². The van der Waals surface area contributed by atoms with Gasteiger partial charge in [0.2, 0.25) is 5.91 Å². The highest BCUT2D eigenvalue weighted by Gasteiger charge is 2.08. The van der Waals surface area contributed by atoms with Crippen molar-refractivity contribution in [2.45, 2.75) is 12.8 Å². The van der Waals surface area contributed by atoms with Crippen LogP contribution >= 0.6 is 0 Å². The maximum absolute atomic E-state index is 13.4. The maximum Gasteiger partial charge on any atom is 0.220 e. The molecule has 0 bridgehead atoms. The molecule has 2 rings (SSSR count). The van der Waals surface area contributed by atoms with Crippen LogP contribution in [0.4, 0.5) is 14.5 Å². The van der Waals surface area contributed by atoms with E-state index in [0.717, 1.165) is 0 Å². The number of nitriles is 1. The molecule has 2 aromatic carbocycles. The Labute approximate surface area is 139 Å². The fourth-order valence-corrected chi connectivity index (χ4v) is 2.22. The second-order valence-electron chi connectivity index (χ2n) is 5.14. The van der Waals surface area contributed by atoms with Crippen LogP contribution in [0.1, 0.15) is 17.5 Å². The van der Waals surface area contributed by atoms with Crippen molar-refractivity contribution in [3.8, 4) is 6.07 Å². The van der Waals surface area contributed by atoms with E-state index in [1.807, 2.05) is 0 Å². The van der Waals surface area contributed by atoms with Gasteiger partial charge in [-0.1, -0.05) is 24.3 Å². The summed E-state index contributed by atoms with van der Waals surface area (Å²) in [5, 5.41) is 14.5. The van der Waals surface area contributed by atoms with Gasteiger partial charge >= 0.3 is 0 Å². The third-order valence-corrected chi connectivity index (χ3v) is 3.47. The van der Waals surface area contributed by atoms with Crippen LogP contribution in [0, 0.1) is 23.0 Å². The van der Waals surface area contributed by atoms with Crippen LogP contribution in [-0.4, -0.2) is 19.0 Å². The molecule has 0 aliphatic rings. The molecule has 6 heteroatoms. The molecule has 0 fully saturated rings. The van der Waals surface area contributed by atoms with Crippen molar-refractivity contribution in [3.05, 3.63) is 65.2 Å². The Kier molecular flexibility index (Phi) is 6.26. The van der Waals surface area contributed by atoms with E-state index < -0.39 is 5.82 Å². The molecule has 24 heavy (non-hydrogen) atoms. The van der Waals surface area contributed by atoms with E-state index in [1.165, 1.54) is 18.2 Å². The Morgan fingerprint density at radius 3 is 2.54 bits per heavy atom. The molecular weight excluding hydrogens is 312 g/mol. The zero-order chi connectivity index (χ0) is 17.4. The van der Waals surface area contributed by atoms with Gasteiger partial charge in [-0.05, 0) is 30.2 Å². The van der Waals surface area contributed by atoms with Crippen molar-refractivity contribution >= 4 is 11.6 Å². The minimum atomic E-state index is -0.587. The summed E-state index contributed by atoms with van der Waals surface area (Å²) in [4.78, 5) is 11.7. The quantitative estimate of drug-likeness (QED) is 0.768.